The number of nitrogens with zero attached hydrogens (tertiary/aromatic N) is 2. The number of ketones is 1. The van der Waals surface area contributed by atoms with Gasteiger partial charge in [0.15, 0.2) is 0 Å². The van der Waals surface area contributed by atoms with Crippen LogP contribution in [0.2, 0.25) is 0 Å². The molecule has 0 atom stereocenters. The van der Waals surface area contributed by atoms with Gasteiger partial charge < -0.3 is 14.6 Å². The van der Waals surface area contributed by atoms with E-state index in [1.54, 1.807) is 19.0 Å². The number of aryl methyl sites for hydroxylation is 1. The predicted octanol–water partition coefficient (Wildman–Crippen LogP) is 3.33. The van der Waals surface area contributed by atoms with Crippen molar-refractivity contribution in [1.82, 2.24) is 9.88 Å². The van der Waals surface area contributed by atoms with E-state index in [4.69, 9.17) is 5.26 Å². The SMILES string of the molecule is CCc1[nH]c(C(=O)/C(C#N)=C/N(C)C)cc1/C=C(\C)OC(F)F. The molecule has 1 aromatic rings. The van der Waals surface area contributed by atoms with Gasteiger partial charge in [0.25, 0.3) is 0 Å². The molecule has 0 aliphatic carbocycles. The van der Waals surface area contributed by atoms with Crippen LogP contribution in [0.15, 0.2) is 23.6 Å². The maximum Gasteiger partial charge on any atom is 0.387 e. The molecule has 23 heavy (non-hydrogen) atoms. The van der Waals surface area contributed by atoms with E-state index in [1.807, 2.05) is 13.0 Å². The molecule has 0 aliphatic rings. The van der Waals surface area contributed by atoms with Gasteiger partial charge in [-0.2, -0.15) is 14.0 Å². The van der Waals surface area contributed by atoms with E-state index >= 15 is 0 Å². The number of rotatable bonds is 7. The van der Waals surface area contributed by atoms with E-state index < -0.39 is 12.4 Å². The quantitative estimate of drug-likeness (QED) is 0.362. The summed E-state index contributed by atoms with van der Waals surface area (Å²) < 4.78 is 28.7. The largest absolute Gasteiger partial charge is 0.440 e. The lowest BCUT2D eigenvalue weighted by atomic mass is 10.1. The summed E-state index contributed by atoms with van der Waals surface area (Å²) in [5.41, 5.74) is 1.49. The zero-order chi connectivity index (χ0) is 17.6. The third-order valence-electron chi connectivity index (χ3n) is 2.92. The Balaban J connectivity index is 3.17. The highest BCUT2D eigenvalue weighted by atomic mass is 19.3. The van der Waals surface area contributed by atoms with Gasteiger partial charge >= 0.3 is 6.61 Å². The van der Waals surface area contributed by atoms with Crippen molar-refractivity contribution in [3.63, 3.8) is 0 Å². The van der Waals surface area contributed by atoms with E-state index in [0.717, 1.165) is 0 Å². The number of allylic oxidation sites excluding steroid dienone is 2. The standard InChI is InChI=1S/C16H19F2N3O2/c1-5-13-11(6-10(2)23-16(17)18)7-14(20-13)15(22)12(8-19)9-21(3)4/h6-7,9,16,20H,5H2,1-4H3/b10-6+,12-9+. The first-order valence-corrected chi connectivity index (χ1v) is 6.96. The van der Waals surface area contributed by atoms with Gasteiger partial charge in [-0.05, 0) is 31.1 Å². The molecule has 1 aromatic heterocycles. The Kier molecular flexibility index (Phi) is 6.51. The van der Waals surface area contributed by atoms with E-state index in [-0.39, 0.29) is 17.0 Å². The second-order valence-corrected chi connectivity index (χ2v) is 5.05. The molecule has 5 nitrogen and oxygen atoms in total. The third-order valence-corrected chi connectivity index (χ3v) is 2.92. The number of H-pyrrole nitrogens is 1. The van der Waals surface area contributed by atoms with Crippen LogP contribution >= 0.6 is 0 Å². The molecular weight excluding hydrogens is 304 g/mol. The maximum atomic E-state index is 12.3. The summed E-state index contributed by atoms with van der Waals surface area (Å²) in [5, 5.41) is 9.09. The molecule has 0 spiro atoms. The van der Waals surface area contributed by atoms with Crippen LogP contribution < -0.4 is 0 Å². The summed E-state index contributed by atoms with van der Waals surface area (Å²) in [6.45, 7) is 0.374. The Morgan fingerprint density at radius 1 is 1.52 bits per heavy atom. The fraction of sp³-hybridized carbons (Fsp3) is 0.375. The van der Waals surface area contributed by atoms with Gasteiger partial charge in [0, 0.05) is 26.0 Å². The summed E-state index contributed by atoms with van der Waals surface area (Å²) in [7, 11) is 3.41. The zero-order valence-electron chi connectivity index (χ0n) is 13.5. The van der Waals surface area contributed by atoms with Gasteiger partial charge in [0.05, 0.1) is 5.69 Å². The van der Waals surface area contributed by atoms with Crippen molar-refractivity contribution in [1.29, 1.82) is 5.26 Å². The summed E-state index contributed by atoms with van der Waals surface area (Å²) >= 11 is 0. The van der Waals surface area contributed by atoms with Gasteiger partial charge in [-0.1, -0.05) is 6.92 Å². The number of nitrogens with one attached hydrogen (secondary N) is 1. The van der Waals surface area contributed by atoms with Crippen molar-refractivity contribution in [3.05, 3.63) is 40.5 Å². The van der Waals surface area contributed by atoms with Crippen molar-refractivity contribution >= 4 is 11.9 Å². The van der Waals surface area contributed by atoms with Crippen molar-refractivity contribution < 1.29 is 18.3 Å². The number of aromatic amines is 1. The average Bonchev–Trinajstić information content (AvgIpc) is 2.85. The van der Waals surface area contributed by atoms with Gasteiger partial charge in [0.1, 0.15) is 17.4 Å². The van der Waals surface area contributed by atoms with Crippen LogP contribution in [-0.2, 0) is 11.2 Å². The number of ether oxygens (including phenoxy) is 1. The number of hydrogen-bond donors (Lipinski definition) is 1. The molecule has 0 saturated carbocycles. The fourth-order valence-corrected chi connectivity index (χ4v) is 1.99. The predicted molar refractivity (Wildman–Crippen MR) is 82.6 cm³/mol. The number of Topliss-reactive ketones (excluding diaryl/α,β-unsaturated/α-hetero) is 1. The second-order valence-electron chi connectivity index (χ2n) is 5.05. The van der Waals surface area contributed by atoms with E-state index in [0.29, 0.717) is 17.7 Å². The van der Waals surface area contributed by atoms with Crippen LogP contribution in [0.1, 0.15) is 35.6 Å². The topological polar surface area (TPSA) is 69.1 Å². The molecule has 0 radical (unpaired) electrons. The molecule has 0 amide bonds. The molecule has 1 N–H and O–H groups in total. The fourth-order valence-electron chi connectivity index (χ4n) is 1.99. The van der Waals surface area contributed by atoms with Crippen molar-refractivity contribution in [3.8, 4) is 6.07 Å². The molecule has 0 unspecified atom stereocenters. The Hall–Kier alpha value is -2.62. The minimum atomic E-state index is -2.90. The van der Waals surface area contributed by atoms with E-state index in [2.05, 4.69) is 9.72 Å². The minimum absolute atomic E-state index is 0.0185. The Morgan fingerprint density at radius 2 is 2.17 bits per heavy atom. The number of aromatic nitrogens is 1. The van der Waals surface area contributed by atoms with Crippen molar-refractivity contribution in [2.75, 3.05) is 14.1 Å². The summed E-state index contributed by atoms with van der Waals surface area (Å²) in [4.78, 5) is 16.9. The van der Waals surface area contributed by atoms with Gasteiger partial charge in [-0.15, -0.1) is 0 Å². The van der Waals surface area contributed by atoms with Crippen LogP contribution in [0.5, 0.6) is 0 Å². The lowest BCUT2D eigenvalue weighted by Gasteiger charge is -2.04. The van der Waals surface area contributed by atoms with Crippen LogP contribution in [0.25, 0.3) is 6.08 Å². The number of carbonyl (C=O) groups is 1. The zero-order valence-corrected chi connectivity index (χ0v) is 13.5. The van der Waals surface area contributed by atoms with Crippen molar-refractivity contribution in [2.24, 2.45) is 0 Å². The summed E-state index contributed by atoms with van der Waals surface area (Å²) in [6, 6.07) is 3.38. The summed E-state index contributed by atoms with van der Waals surface area (Å²) in [6.07, 6.45) is 3.43. The Labute approximate surface area is 133 Å². The number of hydrogen-bond acceptors (Lipinski definition) is 4. The first-order chi connectivity index (χ1) is 10.8. The first kappa shape index (κ1) is 18.4. The monoisotopic (exact) mass is 323 g/mol. The summed E-state index contributed by atoms with van der Waals surface area (Å²) in [5.74, 6) is -0.417. The Morgan fingerprint density at radius 3 is 2.65 bits per heavy atom. The molecule has 0 saturated heterocycles. The molecule has 124 valence electrons. The molecule has 0 aromatic carbocycles. The molecule has 1 heterocycles. The number of nitriles is 1. The van der Waals surface area contributed by atoms with Gasteiger partial charge in [-0.25, -0.2) is 0 Å². The minimum Gasteiger partial charge on any atom is -0.440 e. The highest BCUT2D eigenvalue weighted by Gasteiger charge is 2.17. The average molecular weight is 323 g/mol. The van der Waals surface area contributed by atoms with Gasteiger partial charge in [-0.3, -0.25) is 4.79 Å². The molecule has 0 fully saturated rings. The van der Waals surface area contributed by atoms with E-state index in [1.165, 1.54) is 25.3 Å². The molecular formula is C16H19F2N3O2. The number of alkyl halides is 2. The lowest BCUT2D eigenvalue weighted by Crippen LogP contribution is -2.09. The van der Waals surface area contributed by atoms with Crippen LogP contribution in [-0.4, -0.2) is 36.4 Å². The molecule has 1 rings (SSSR count). The third kappa shape index (κ3) is 5.25. The molecule has 7 heteroatoms. The molecule has 0 bridgehead atoms. The highest BCUT2D eigenvalue weighted by Crippen LogP contribution is 2.19. The van der Waals surface area contributed by atoms with Crippen molar-refractivity contribution in [2.45, 2.75) is 26.9 Å². The van der Waals surface area contributed by atoms with Gasteiger partial charge in [0.2, 0.25) is 5.78 Å². The maximum absolute atomic E-state index is 12.3. The first-order valence-electron chi connectivity index (χ1n) is 6.96. The second kappa shape index (κ2) is 8.13. The number of carbonyl (C=O) groups excluding carboxylic acids is 1. The smallest absolute Gasteiger partial charge is 0.387 e. The van der Waals surface area contributed by atoms with Crippen LogP contribution in [0.4, 0.5) is 8.78 Å². The normalized spacial score (nSPS) is 12.3. The van der Waals surface area contributed by atoms with Crippen LogP contribution in [0, 0.1) is 11.3 Å². The van der Waals surface area contributed by atoms with E-state index in [9.17, 15) is 13.6 Å². The Bertz CT molecular complexity index is 667. The highest BCUT2D eigenvalue weighted by molar-refractivity contribution is 6.10. The lowest BCUT2D eigenvalue weighted by molar-refractivity contribution is -0.0943. The molecule has 0 aliphatic heterocycles. The van der Waals surface area contributed by atoms with Crippen LogP contribution in [0.3, 0.4) is 0 Å². The number of halogens is 2.